The van der Waals surface area contributed by atoms with Gasteiger partial charge in [0.2, 0.25) is 0 Å². The highest BCUT2D eigenvalue weighted by atomic mass is 79.9. The summed E-state index contributed by atoms with van der Waals surface area (Å²) < 4.78 is 11.7. The molecule has 1 aromatic rings. The number of methoxy groups -OCH3 is 1. The van der Waals surface area contributed by atoms with Crippen LogP contribution in [0.4, 0.5) is 0 Å². The Morgan fingerprint density at radius 3 is 2.75 bits per heavy atom. The van der Waals surface area contributed by atoms with Gasteiger partial charge in [0.1, 0.15) is 5.75 Å². The monoisotopic (exact) mass is 286 g/mol. The fourth-order valence-electron chi connectivity index (χ4n) is 2.09. The molecule has 4 heteroatoms. The predicted molar refractivity (Wildman–Crippen MR) is 64.9 cm³/mol. The zero-order valence-corrected chi connectivity index (χ0v) is 10.8. The van der Waals surface area contributed by atoms with Gasteiger partial charge in [0.25, 0.3) is 0 Å². The van der Waals surface area contributed by atoms with Gasteiger partial charge in [0.05, 0.1) is 20.3 Å². The Labute approximate surface area is 104 Å². The maximum Gasteiger partial charge on any atom is 0.122 e. The summed E-state index contributed by atoms with van der Waals surface area (Å²) in [6.45, 7) is 1.47. The Kier molecular flexibility index (Phi) is 3.52. The first-order chi connectivity index (χ1) is 7.72. The molecule has 1 heterocycles. The fourth-order valence-corrected chi connectivity index (χ4v) is 2.45. The van der Waals surface area contributed by atoms with Crippen molar-refractivity contribution in [1.82, 2.24) is 0 Å². The molecule has 0 atom stereocenters. The van der Waals surface area contributed by atoms with Crippen molar-refractivity contribution in [3.05, 3.63) is 28.2 Å². The summed E-state index contributed by atoms with van der Waals surface area (Å²) in [7, 11) is 1.67. The minimum atomic E-state index is -0.0795. The summed E-state index contributed by atoms with van der Waals surface area (Å²) in [5, 5.41) is 9.15. The van der Waals surface area contributed by atoms with E-state index in [0.29, 0.717) is 19.6 Å². The lowest BCUT2D eigenvalue weighted by Crippen LogP contribution is -2.47. The summed E-state index contributed by atoms with van der Waals surface area (Å²) in [5.41, 5.74) is 1.04. The second-order valence-electron chi connectivity index (χ2n) is 4.09. The Morgan fingerprint density at radius 2 is 2.25 bits per heavy atom. The van der Waals surface area contributed by atoms with E-state index < -0.39 is 0 Å². The number of benzene rings is 1. The minimum Gasteiger partial charge on any atom is -0.496 e. The second-order valence-corrected chi connectivity index (χ2v) is 5.01. The normalized spacial score (nSPS) is 17.9. The van der Waals surface area contributed by atoms with Crippen LogP contribution in [0.1, 0.15) is 12.0 Å². The zero-order valence-electron chi connectivity index (χ0n) is 9.20. The van der Waals surface area contributed by atoms with Gasteiger partial charge in [-0.05, 0) is 24.6 Å². The lowest BCUT2D eigenvalue weighted by atomic mass is 9.75. The quantitative estimate of drug-likeness (QED) is 0.921. The first-order valence-electron chi connectivity index (χ1n) is 5.24. The molecule has 1 aliphatic rings. The van der Waals surface area contributed by atoms with Crippen LogP contribution in [0.3, 0.4) is 0 Å². The Balaban J connectivity index is 2.40. The molecule has 16 heavy (non-hydrogen) atoms. The molecule has 0 radical (unpaired) electrons. The number of halogens is 1. The van der Waals surface area contributed by atoms with Crippen LogP contribution in [0.2, 0.25) is 0 Å². The lowest BCUT2D eigenvalue weighted by molar-refractivity contribution is -0.0709. The van der Waals surface area contributed by atoms with Crippen molar-refractivity contribution in [2.45, 2.75) is 11.8 Å². The Morgan fingerprint density at radius 1 is 1.50 bits per heavy atom. The maximum absolute atomic E-state index is 9.15. The van der Waals surface area contributed by atoms with E-state index >= 15 is 0 Å². The first kappa shape index (κ1) is 11.9. The maximum atomic E-state index is 9.15. The molecule has 0 spiro atoms. The molecule has 0 saturated carbocycles. The molecule has 0 amide bonds. The average Bonchev–Trinajstić information content (AvgIpc) is 2.23. The van der Waals surface area contributed by atoms with Gasteiger partial charge in [-0.1, -0.05) is 15.9 Å². The van der Waals surface area contributed by atoms with E-state index in [-0.39, 0.29) is 12.0 Å². The summed E-state index contributed by atoms with van der Waals surface area (Å²) in [6.07, 6.45) is 0.708. The fraction of sp³-hybridized carbons (Fsp3) is 0.500. The van der Waals surface area contributed by atoms with Crippen LogP contribution in [0.5, 0.6) is 5.75 Å². The van der Waals surface area contributed by atoms with Crippen LogP contribution in [0.15, 0.2) is 22.7 Å². The van der Waals surface area contributed by atoms with Crippen LogP contribution in [0, 0.1) is 0 Å². The third kappa shape index (κ3) is 1.97. The van der Waals surface area contributed by atoms with Crippen LogP contribution < -0.4 is 4.74 Å². The van der Waals surface area contributed by atoms with E-state index in [9.17, 15) is 0 Å². The van der Waals surface area contributed by atoms with Crippen LogP contribution in [0.25, 0.3) is 0 Å². The average molecular weight is 287 g/mol. The smallest absolute Gasteiger partial charge is 0.122 e. The largest absolute Gasteiger partial charge is 0.496 e. The molecule has 0 unspecified atom stereocenters. The molecule has 0 bridgehead atoms. The van der Waals surface area contributed by atoms with Gasteiger partial charge in [-0.15, -0.1) is 0 Å². The third-order valence-corrected chi connectivity index (χ3v) is 3.57. The standard InChI is InChI=1S/C12H15BrO3/c1-15-11-3-2-9(13)6-10(11)12(4-5-14)7-16-8-12/h2-3,6,14H,4-5,7-8H2,1H3. The first-order valence-corrected chi connectivity index (χ1v) is 6.04. The zero-order chi connectivity index (χ0) is 11.6. The number of rotatable bonds is 4. The molecule has 1 saturated heterocycles. The highest BCUT2D eigenvalue weighted by molar-refractivity contribution is 9.10. The Bertz CT molecular complexity index is 375. The van der Waals surface area contributed by atoms with Gasteiger partial charge in [-0.2, -0.15) is 0 Å². The molecule has 3 nitrogen and oxygen atoms in total. The summed E-state index contributed by atoms with van der Waals surface area (Å²) in [6, 6.07) is 5.95. The molecule has 88 valence electrons. The molecule has 1 N–H and O–H groups in total. The molecular weight excluding hydrogens is 272 g/mol. The van der Waals surface area contributed by atoms with Gasteiger partial charge in [-0.3, -0.25) is 0 Å². The number of aliphatic hydroxyl groups excluding tert-OH is 1. The van der Waals surface area contributed by atoms with Crippen molar-refractivity contribution < 1.29 is 14.6 Å². The van der Waals surface area contributed by atoms with Crippen LogP contribution in [-0.2, 0) is 10.2 Å². The number of hydrogen-bond donors (Lipinski definition) is 1. The summed E-state index contributed by atoms with van der Waals surface area (Å²) >= 11 is 3.46. The van der Waals surface area contributed by atoms with Crippen LogP contribution in [-0.4, -0.2) is 32.0 Å². The van der Waals surface area contributed by atoms with E-state index in [1.807, 2.05) is 12.1 Å². The highest BCUT2D eigenvalue weighted by Gasteiger charge is 2.41. The molecule has 2 rings (SSSR count). The molecular formula is C12H15BrO3. The Hall–Kier alpha value is -0.580. The van der Waals surface area contributed by atoms with Crippen molar-refractivity contribution in [2.75, 3.05) is 26.9 Å². The van der Waals surface area contributed by atoms with Gasteiger partial charge >= 0.3 is 0 Å². The SMILES string of the molecule is COc1ccc(Br)cc1C1(CCO)COC1. The lowest BCUT2D eigenvalue weighted by Gasteiger charge is -2.42. The predicted octanol–water partition coefficient (Wildman–Crippen LogP) is 2.11. The number of ether oxygens (including phenoxy) is 2. The molecule has 1 fully saturated rings. The second kappa shape index (κ2) is 4.73. The molecule has 0 aliphatic carbocycles. The third-order valence-electron chi connectivity index (χ3n) is 3.08. The van der Waals surface area contributed by atoms with Gasteiger partial charge in [0.15, 0.2) is 0 Å². The van der Waals surface area contributed by atoms with E-state index in [0.717, 1.165) is 15.8 Å². The summed E-state index contributed by atoms with van der Waals surface area (Å²) in [5.74, 6) is 0.861. The molecule has 1 aliphatic heterocycles. The summed E-state index contributed by atoms with van der Waals surface area (Å²) in [4.78, 5) is 0. The number of aliphatic hydroxyl groups is 1. The van der Waals surface area contributed by atoms with E-state index in [4.69, 9.17) is 14.6 Å². The minimum absolute atomic E-state index is 0.0795. The van der Waals surface area contributed by atoms with Crippen molar-refractivity contribution >= 4 is 15.9 Å². The van der Waals surface area contributed by atoms with E-state index in [1.165, 1.54) is 0 Å². The van der Waals surface area contributed by atoms with Crippen molar-refractivity contribution in [3.8, 4) is 5.75 Å². The van der Waals surface area contributed by atoms with Crippen molar-refractivity contribution in [1.29, 1.82) is 0 Å². The highest BCUT2D eigenvalue weighted by Crippen LogP contribution is 2.41. The topological polar surface area (TPSA) is 38.7 Å². The van der Waals surface area contributed by atoms with Gasteiger partial charge < -0.3 is 14.6 Å². The van der Waals surface area contributed by atoms with Crippen LogP contribution >= 0.6 is 15.9 Å². The van der Waals surface area contributed by atoms with Crippen molar-refractivity contribution in [3.63, 3.8) is 0 Å². The van der Waals surface area contributed by atoms with Gasteiger partial charge in [-0.25, -0.2) is 0 Å². The van der Waals surface area contributed by atoms with Crippen molar-refractivity contribution in [2.24, 2.45) is 0 Å². The van der Waals surface area contributed by atoms with Gasteiger partial charge in [0, 0.05) is 22.1 Å². The number of hydrogen-bond acceptors (Lipinski definition) is 3. The molecule has 1 aromatic carbocycles. The van der Waals surface area contributed by atoms with E-state index in [1.54, 1.807) is 7.11 Å². The van der Waals surface area contributed by atoms with E-state index in [2.05, 4.69) is 22.0 Å². The molecule has 0 aromatic heterocycles.